The van der Waals surface area contributed by atoms with Crippen LogP contribution in [0.5, 0.6) is 0 Å². The van der Waals surface area contributed by atoms with Gasteiger partial charge < -0.3 is 9.80 Å². The molecule has 2 amide bonds. The van der Waals surface area contributed by atoms with Crippen molar-refractivity contribution in [2.75, 3.05) is 31.1 Å². The number of halogens is 2. The number of hydrazone groups is 1. The maximum Gasteiger partial charge on any atom is 0.341 e. The second-order valence-electron chi connectivity index (χ2n) is 8.02. The van der Waals surface area contributed by atoms with E-state index in [-0.39, 0.29) is 17.4 Å². The summed E-state index contributed by atoms with van der Waals surface area (Å²) in [5, 5.41) is 25.7. The van der Waals surface area contributed by atoms with Gasteiger partial charge in [0.25, 0.3) is 0 Å². The molecule has 0 unspecified atom stereocenters. The molecule has 0 saturated carbocycles. The molecule has 2 aromatic heterocycles. The molecule has 1 fully saturated rings. The predicted octanol–water partition coefficient (Wildman–Crippen LogP) is 1.59. The number of carbonyl (C=O) groups excluding carboxylic acids is 1. The number of aromatic nitrogens is 6. The van der Waals surface area contributed by atoms with Gasteiger partial charge in [-0.2, -0.15) is 20.0 Å². The third-order valence-corrected chi connectivity index (χ3v) is 5.83. The second-order valence-corrected chi connectivity index (χ2v) is 8.02. The Labute approximate surface area is 198 Å². The molecule has 35 heavy (non-hydrogen) atoms. The Hall–Kier alpha value is -4.54. The Bertz CT molecular complexity index is 1340. The zero-order chi connectivity index (χ0) is 24.5. The van der Waals surface area contributed by atoms with Gasteiger partial charge in [-0.1, -0.05) is 0 Å². The molecule has 0 radical (unpaired) electrons. The van der Waals surface area contributed by atoms with Gasteiger partial charge >= 0.3 is 6.03 Å². The minimum absolute atomic E-state index is 0.0583. The smallest absolute Gasteiger partial charge is 0.337 e. The summed E-state index contributed by atoms with van der Waals surface area (Å²) >= 11 is 0. The maximum atomic E-state index is 14.3. The molecule has 14 heteroatoms. The minimum Gasteiger partial charge on any atom is -0.337 e. The molecule has 12 nitrogen and oxygen atoms in total. The van der Waals surface area contributed by atoms with E-state index in [0.29, 0.717) is 49.9 Å². The number of hydrogen-bond acceptors (Lipinski definition) is 9. The summed E-state index contributed by atoms with van der Waals surface area (Å²) in [6.07, 6.45) is 3.09. The standard InChI is InChI=1S/C21H19F2N11O/c1-13-28-29-30-33(13)19-17(23)12-25-20(27-19)31-4-6-32(7-5-31)21(35)34-18(2-3-26-34)15-8-14(11-24)9-16(22)10-15/h3,8-10,12,18H,2,4-7H2,1H3/t18-/m0/s1. The third kappa shape index (κ3) is 4.23. The largest absolute Gasteiger partial charge is 0.341 e. The van der Waals surface area contributed by atoms with E-state index < -0.39 is 17.7 Å². The molecule has 1 aromatic carbocycles. The molecule has 178 valence electrons. The van der Waals surface area contributed by atoms with Crippen LogP contribution in [0.25, 0.3) is 5.82 Å². The number of hydrogen-bond donors (Lipinski definition) is 0. The number of anilines is 1. The second kappa shape index (κ2) is 9.01. The van der Waals surface area contributed by atoms with Gasteiger partial charge in [-0.25, -0.2) is 23.6 Å². The van der Waals surface area contributed by atoms with E-state index in [1.807, 2.05) is 11.0 Å². The number of piperazine rings is 1. The van der Waals surface area contributed by atoms with Crippen LogP contribution in [0, 0.1) is 29.9 Å². The van der Waals surface area contributed by atoms with E-state index in [1.165, 1.54) is 15.8 Å². The molecule has 0 aliphatic carbocycles. The summed E-state index contributed by atoms with van der Waals surface area (Å²) in [6, 6.07) is 5.14. The van der Waals surface area contributed by atoms with Crippen molar-refractivity contribution in [1.82, 2.24) is 40.1 Å². The van der Waals surface area contributed by atoms with Crippen molar-refractivity contribution in [3.05, 3.63) is 53.0 Å². The topological polar surface area (TPSA) is 132 Å². The molecule has 0 N–H and O–H groups in total. The van der Waals surface area contributed by atoms with Gasteiger partial charge in [-0.3, -0.25) is 0 Å². The average molecular weight is 479 g/mol. The number of carbonyl (C=O) groups is 1. The third-order valence-electron chi connectivity index (χ3n) is 5.83. The Morgan fingerprint density at radius 3 is 2.69 bits per heavy atom. The number of urea groups is 1. The van der Waals surface area contributed by atoms with Crippen LogP contribution in [-0.4, -0.2) is 78.5 Å². The Balaban J connectivity index is 1.28. The van der Waals surface area contributed by atoms with Crippen LogP contribution in [0.2, 0.25) is 0 Å². The molecule has 5 rings (SSSR count). The van der Waals surface area contributed by atoms with Gasteiger partial charge in [0.15, 0.2) is 17.5 Å². The number of nitriles is 1. The minimum atomic E-state index is -0.659. The highest BCUT2D eigenvalue weighted by atomic mass is 19.1. The van der Waals surface area contributed by atoms with Crippen LogP contribution in [0.1, 0.15) is 29.4 Å². The normalized spacial score (nSPS) is 17.7. The monoisotopic (exact) mass is 479 g/mol. The lowest BCUT2D eigenvalue weighted by atomic mass is 10.0. The van der Waals surface area contributed by atoms with Crippen molar-refractivity contribution in [1.29, 1.82) is 5.26 Å². The lowest BCUT2D eigenvalue weighted by Gasteiger charge is -2.37. The summed E-state index contributed by atoms with van der Waals surface area (Å²) in [7, 11) is 0. The van der Waals surface area contributed by atoms with Gasteiger partial charge in [-0.05, 0) is 41.1 Å². The molecule has 4 heterocycles. The van der Waals surface area contributed by atoms with Crippen molar-refractivity contribution in [2.24, 2.45) is 5.10 Å². The van der Waals surface area contributed by atoms with Gasteiger partial charge in [-0.15, -0.1) is 5.10 Å². The van der Waals surface area contributed by atoms with Gasteiger partial charge in [0, 0.05) is 38.8 Å². The molecule has 0 spiro atoms. The highest BCUT2D eigenvalue weighted by molar-refractivity contribution is 5.78. The lowest BCUT2D eigenvalue weighted by Crippen LogP contribution is -2.52. The Morgan fingerprint density at radius 2 is 1.97 bits per heavy atom. The highest BCUT2D eigenvalue weighted by Gasteiger charge is 2.34. The van der Waals surface area contributed by atoms with Crippen molar-refractivity contribution in [3.8, 4) is 11.9 Å². The first-order valence-corrected chi connectivity index (χ1v) is 10.8. The number of nitrogens with zero attached hydrogens (tertiary/aromatic N) is 11. The molecular formula is C21H19F2N11O. The first-order chi connectivity index (χ1) is 16.9. The quantitative estimate of drug-likeness (QED) is 0.553. The molecule has 0 bridgehead atoms. The average Bonchev–Trinajstić information content (AvgIpc) is 3.53. The number of tetrazole rings is 1. The van der Waals surface area contributed by atoms with Crippen LogP contribution >= 0.6 is 0 Å². The summed E-state index contributed by atoms with van der Waals surface area (Å²) in [6.45, 7) is 3.15. The first-order valence-electron chi connectivity index (χ1n) is 10.8. The van der Waals surface area contributed by atoms with Crippen molar-refractivity contribution >= 4 is 18.2 Å². The highest BCUT2D eigenvalue weighted by Crippen LogP contribution is 2.30. The zero-order valence-corrected chi connectivity index (χ0v) is 18.6. The summed E-state index contributed by atoms with van der Waals surface area (Å²) in [4.78, 5) is 25.0. The molecule has 1 atom stereocenters. The van der Waals surface area contributed by atoms with Gasteiger partial charge in [0.2, 0.25) is 5.95 Å². The van der Waals surface area contributed by atoms with Crippen LogP contribution in [0.4, 0.5) is 19.5 Å². The lowest BCUT2D eigenvalue weighted by molar-refractivity contribution is 0.139. The van der Waals surface area contributed by atoms with Crippen LogP contribution in [0.15, 0.2) is 29.5 Å². The molecule has 2 aliphatic heterocycles. The number of amides is 2. The predicted molar refractivity (Wildman–Crippen MR) is 117 cm³/mol. The van der Waals surface area contributed by atoms with E-state index in [2.05, 4.69) is 30.6 Å². The molecule has 2 aliphatic rings. The first kappa shape index (κ1) is 22.3. The van der Waals surface area contributed by atoms with Crippen LogP contribution in [-0.2, 0) is 0 Å². The number of rotatable bonds is 3. The van der Waals surface area contributed by atoms with E-state index >= 15 is 0 Å². The van der Waals surface area contributed by atoms with Gasteiger partial charge in [0.05, 0.1) is 23.9 Å². The fourth-order valence-electron chi connectivity index (χ4n) is 4.06. The van der Waals surface area contributed by atoms with E-state index in [4.69, 9.17) is 5.26 Å². The number of aryl methyl sites for hydroxylation is 1. The van der Waals surface area contributed by atoms with Gasteiger partial charge in [0.1, 0.15) is 5.82 Å². The van der Waals surface area contributed by atoms with Crippen LogP contribution in [0.3, 0.4) is 0 Å². The fourth-order valence-corrected chi connectivity index (χ4v) is 4.06. The summed E-state index contributed by atoms with van der Waals surface area (Å²) in [5.74, 6) is -0.582. The van der Waals surface area contributed by atoms with E-state index in [9.17, 15) is 13.6 Å². The van der Waals surface area contributed by atoms with E-state index in [0.717, 1.165) is 12.3 Å². The van der Waals surface area contributed by atoms with Crippen molar-refractivity contribution in [3.63, 3.8) is 0 Å². The van der Waals surface area contributed by atoms with Crippen molar-refractivity contribution in [2.45, 2.75) is 19.4 Å². The maximum absolute atomic E-state index is 14.3. The van der Waals surface area contributed by atoms with E-state index in [1.54, 1.807) is 24.1 Å². The van der Waals surface area contributed by atoms with Crippen molar-refractivity contribution < 1.29 is 13.6 Å². The molecule has 1 saturated heterocycles. The summed E-state index contributed by atoms with van der Waals surface area (Å²) in [5.41, 5.74) is 0.694. The number of benzene rings is 1. The molecule has 3 aromatic rings. The Morgan fingerprint density at radius 1 is 1.17 bits per heavy atom. The summed E-state index contributed by atoms with van der Waals surface area (Å²) < 4.78 is 29.4. The SMILES string of the molecule is Cc1nnnn1-c1nc(N2CCN(C(=O)N3N=CC[C@H]3c3cc(F)cc(C#N)c3)CC2)ncc1F. The Kier molecular flexibility index (Phi) is 5.73. The zero-order valence-electron chi connectivity index (χ0n) is 18.6. The van der Waals surface area contributed by atoms with Crippen LogP contribution < -0.4 is 4.90 Å². The molecular weight excluding hydrogens is 460 g/mol. The fraction of sp³-hybridized carbons (Fsp3) is 0.333.